The number of ether oxygens (including phenoxy) is 1. The van der Waals surface area contributed by atoms with E-state index in [1.807, 2.05) is 0 Å². The summed E-state index contributed by atoms with van der Waals surface area (Å²) in [5.74, 6) is 0.0368. The minimum atomic E-state index is -5.64. The van der Waals surface area contributed by atoms with E-state index in [4.69, 9.17) is 16.2 Å². The van der Waals surface area contributed by atoms with E-state index >= 15 is 0 Å². The Bertz CT molecular complexity index is 1380. The molecule has 0 amide bonds. The quantitative estimate of drug-likeness (QED) is 0.212. The molecule has 3 heterocycles. The predicted molar refractivity (Wildman–Crippen MR) is 123 cm³/mol. The zero-order valence-electron chi connectivity index (χ0n) is 18.7. The van der Waals surface area contributed by atoms with E-state index in [9.17, 15) is 33.5 Å². The Morgan fingerprint density at radius 2 is 1.76 bits per heavy atom. The number of allylic oxidation sites excluding steroid dienone is 4. The maximum atomic E-state index is 12.2. The number of aromatic nitrogens is 4. The molecule has 2 aliphatic rings. The molecular weight excluding hydrogens is 561 g/mol. The van der Waals surface area contributed by atoms with E-state index in [0.717, 1.165) is 0 Å². The average molecular weight is 584 g/mol. The molecule has 2 aromatic rings. The van der Waals surface area contributed by atoms with Crippen molar-refractivity contribution in [3.63, 3.8) is 0 Å². The molecule has 0 radical (unpaired) electrons. The van der Waals surface area contributed by atoms with E-state index in [1.165, 1.54) is 29.4 Å². The molecule has 5 unspecified atom stereocenters. The second-order valence-corrected chi connectivity index (χ2v) is 12.4. The van der Waals surface area contributed by atoms with Crippen molar-refractivity contribution in [3.8, 4) is 0 Å². The molecule has 4 rings (SSSR count). The van der Waals surface area contributed by atoms with Crippen molar-refractivity contribution in [2.45, 2.75) is 37.7 Å². The zero-order chi connectivity index (χ0) is 27.0. The van der Waals surface area contributed by atoms with Crippen molar-refractivity contribution >= 4 is 40.4 Å². The van der Waals surface area contributed by atoms with Gasteiger partial charge in [-0.1, -0.05) is 0 Å². The number of nitrogen functional groups attached to an aromatic ring is 1. The van der Waals surface area contributed by atoms with Gasteiger partial charge >= 0.3 is 23.5 Å². The number of phosphoric acid groups is 3. The van der Waals surface area contributed by atoms with E-state index in [-0.39, 0.29) is 35.6 Å². The molecule has 0 bridgehead atoms. The second-order valence-electron chi connectivity index (χ2n) is 7.87. The van der Waals surface area contributed by atoms with Crippen LogP contribution >= 0.6 is 23.5 Å². The molecule has 8 N–H and O–H groups in total. The summed E-state index contributed by atoms with van der Waals surface area (Å²) in [5, 5.41) is 10.4. The molecule has 0 saturated carbocycles. The SMILES string of the molecule is NC1=CC=C(OP(=O)(O)OP(=O)(O)OP(=O)(O)OC[C@@H]2CC(O)C(n3cnc4c(N)ncnc43)O2)CC1. The second kappa shape index (κ2) is 10.5. The Morgan fingerprint density at radius 1 is 1.03 bits per heavy atom. The van der Waals surface area contributed by atoms with Crippen LogP contribution in [-0.2, 0) is 36.1 Å². The highest BCUT2D eigenvalue weighted by Crippen LogP contribution is 2.68. The molecule has 204 valence electrons. The number of fused-ring (bicyclic) bond motifs is 1. The normalized spacial score (nSPS) is 27.1. The van der Waals surface area contributed by atoms with Crippen LogP contribution in [0, 0.1) is 0 Å². The number of hydrogen-bond donors (Lipinski definition) is 6. The summed E-state index contributed by atoms with van der Waals surface area (Å²) in [6.45, 7) is -0.682. The molecule has 2 aromatic heterocycles. The van der Waals surface area contributed by atoms with Crippen LogP contribution in [0.4, 0.5) is 5.82 Å². The van der Waals surface area contributed by atoms with Gasteiger partial charge in [-0.3, -0.25) is 14.0 Å². The van der Waals surface area contributed by atoms with Crippen LogP contribution in [0.2, 0.25) is 0 Å². The number of nitrogens with zero attached hydrogens (tertiary/aromatic N) is 4. The van der Waals surface area contributed by atoms with Gasteiger partial charge in [0.2, 0.25) is 0 Å². The summed E-state index contributed by atoms with van der Waals surface area (Å²) in [4.78, 5) is 41.2. The number of aliphatic hydroxyl groups is 1. The molecule has 18 nitrogen and oxygen atoms in total. The van der Waals surface area contributed by atoms with Crippen molar-refractivity contribution in [2.24, 2.45) is 5.73 Å². The van der Waals surface area contributed by atoms with Gasteiger partial charge in [0.15, 0.2) is 17.7 Å². The van der Waals surface area contributed by atoms with Gasteiger partial charge in [0, 0.05) is 18.5 Å². The third-order valence-electron chi connectivity index (χ3n) is 5.04. The van der Waals surface area contributed by atoms with Crippen molar-refractivity contribution in [2.75, 3.05) is 12.3 Å². The number of phosphoric ester groups is 2. The number of rotatable bonds is 10. The average Bonchev–Trinajstić information content (AvgIpc) is 3.36. The summed E-state index contributed by atoms with van der Waals surface area (Å²) in [5.41, 5.74) is 12.3. The number of imidazole rings is 1. The van der Waals surface area contributed by atoms with Crippen LogP contribution in [-0.4, -0.2) is 58.1 Å². The number of hydrogen-bond acceptors (Lipinski definition) is 14. The first-order valence-electron chi connectivity index (χ1n) is 10.4. The Hall–Kier alpha value is -2.20. The van der Waals surface area contributed by atoms with Crippen LogP contribution in [0.15, 0.2) is 36.3 Å². The van der Waals surface area contributed by atoms with Gasteiger partial charge in [0.25, 0.3) is 0 Å². The Kier molecular flexibility index (Phi) is 7.91. The smallest absolute Gasteiger partial charge is 0.408 e. The number of aliphatic hydroxyl groups excluding tert-OH is 1. The van der Waals surface area contributed by atoms with Crippen molar-refractivity contribution in [1.29, 1.82) is 0 Å². The maximum absolute atomic E-state index is 12.2. The van der Waals surface area contributed by atoms with Crippen molar-refractivity contribution in [1.82, 2.24) is 19.5 Å². The van der Waals surface area contributed by atoms with Gasteiger partial charge in [0.1, 0.15) is 23.7 Å². The third-order valence-corrected chi connectivity index (χ3v) is 9.28. The lowest BCUT2D eigenvalue weighted by molar-refractivity contribution is -0.0481. The first kappa shape index (κ1) is 27.8. The molecule has 0 spiro atoms. The Morgan fingerprint density at radius 3 is 2.46 bits per heavy atom. The van der Waals surface area contributed by atoms with Crippen LogP contribution in [0.5, 0.6) is 0 Å². The zero-order valence-corrected chi connectivity index (χ0v) is 21.4. The summed E-state index contributed by atoms with van der Waals surface area (Å²) in [6.07, 6.45) is 2.38. The molecule has 1 fully saturated rings. The standard InChI is InChI=1S/C16H23N6O12P3/c17-9-1-3-10(4-2-9)32-36(26,27)34-37(28,29)33-35(24,25)30-6-11-5-12(23)16(31-11)22-8-21-13-14(18)19-7-20-15(13)22/h1,3,7-8,11-12,16,23H,2,4-6,17H2,(H,24,25)(H,26,27)(H,28,29)(H2,18,19,20)/t11-,12?,16?/m0/s1. The molecule has 37 heavy (non-hydrogen) atoms. The fourth-order valence-electron chi connectivity index (χ4n) is 3.50. The fraction of sp³-hybridized carbons (Fsp3) is 0.438. The predicted octanol–water partition coefficient (Wildman–Crippen LogP) is 0.945. The third kappa shape index (κ3) is 7.02. The highest BCUT2D eigenvalue weighted by atomic mass is 31.3. The molecular formula is C16H23N6O12P3. The van der Waals surface area contributed by atoms with Gasteiger partial charge in [-0.2, -0.15) is 8.62 Å². The Labute approximate surface area is 208 Å². The van der Waals surface area contributed by atoms with Crippen molar-refractivity contribution in [3.05, 3.63) is 36.3 Å². The largest absolute Gasteiger partial charge is 0.536 e. The minimum Gasteiger partial charge on any atom is -0.408 e. The van der Waals surface area contributed by atoms with Gasteiger partial charge < -0.3 is 35.6 Å². The Balaban J connectivity index is 1.33. The molecule has 1 aliphatic heterocycles. The van der Waals surface area contributed by atoms with Gasteiger partial charge in [0.05, 0.1) is 19.0 Å². The van der Waals surface area contributed by atoms with Gasteiger partial charge in [-0.05, 0) is 18.6 Å². The monoisotopic (exact) mass is 584 g/mol. The molecule has 1 aliphatic carbocycles. The highest BCUT2D eigenvalue weighted by Gasteiger charge is 2.44. The van der Waals surface area contributed by atoms with Crippen molar-refractivity contribution < 1.29 is 55.9 Å². The molecule has 0 aromatic carbocycles. The van der Waals surface area contributed by atoms with E-state index in [2.05, 4.69) is 32.6 Å². The van der Waals surface area contributed by atoms with Crippen LogP contribution in [0.1, 0.15) is 25.5 Å². The number of anilines is 1. The maximum Gasteiger partial charge on any atom is 0.536 e. The first-order chi connectivity index (χ1) is 17.2. The van der Waals surface area contributed by atoms with Crippen LogP contribution in [0.25, 0.3) is 11.2 Å². The van der Waals surface area contributed by atoms with E-state index in [1.54, 1.807) is 0 Å². The van der Waals surface area contributed by atoms with Gasteiger partial charge in [-0.25, -0.2) is 28.6 Å². The summed E-state index contributed by atoms with van der Waals surface area (Å²) >= 11 is 0. The summed E-state index contributed by atoms with van der Waals surface area (Å²) in [6, 6.07) is 0. The summed E-state index contributed by atoms with van der Waals surface area (Å²) in [7, 11) is -16.2. The lowest BCUT2D eigenvalue weighted by Gasteiger charge is -2.21. The van der Waals surface area contributed by atoms with E-state index < -0.39 is 48.5 Å². The molecule has 1 saturated heterocycles. The fourth-order valence-corrected chi connectivity index (χ4v) is 7.09. The number of nitrogens with two attached hydrogens (primary N) is 2. The molecule has 6 atom stereocenters. The first-order valence-corrected chi connectivity index (χ1v) is 14.9. The lowest BCUT2D eigenvalue weighted by Crippen LogP contribution is -2.19. The molecule has 21 heteroatoms. The minimum absolute atomic E-state index is 0.0743. The topological polar surface area (TPSA) is 274 Å². The van der Waals surface area contributed by atoms with Crippen LogP contribution < -0.4 is 11.5 Å². The summed E-state index contributed by atoms with van der Waals surface area (Å²) < 4.78 is 60.8. The highest BCUT2D eigenvalue weighted by molar-refractivity contribution is 7.66. The van der Waals surface area contributed by atoms with Crippen LogP contribution in [0.3, 0.4) is 0 Å². The lowest BCUT2D eigenvalue weighted by atomic mass is 10.1. The van der Waals surface area contributed by atoms with Gasteiger partial charge in [-0.15, -0.1) is 0 Å². The van der Waals surface area contributed by atoms with E-state index in [0.29, 0.717) is 12.1 Å².